The van der Waals surface area contributed by atoms with Crippen LogP contribution in [-0.2, 0) is 9.22 Å². The van der Waals surface area contributed by atoms with Gasteiger partial charge in [-0.1, -0.05) is 12.8 Å². The van der Waals surface area contributed by atoms with Crippen molar-refractivity contribution in [1.29, 1.82) is 0 Å². The first kappa shape index (κ1) is 18.8. The van der Waals surface area contributed by atoms with Crippen molar-refractivity contribution >= 4 is 14.1 Å². The Morgan fingerprint density at radius 1 is 1.04 bits per heavy atom. The van der Waals surface area contributed by atoms with E-state index in [1.165, 1.54) is 32.1 Å². The standard InChI is InChI=1S/C23H36O2Si/c1-6-23(25-26(3,4)5)14-12-21-20-9-7-16-15-17(24)8-10-18(16)19(20)11-13-22(21,23)2/h1,16,18-21H,7-15H2,2-5H3. The van der Waals surface area contributed by atoms with Gasteiger partial charge in [0.05, 0.1) is 0 Å². The van der Waals surface area contributed by atoms with E-state index in [4.69, 9.17) is 10.8 Å². The Morgan fingerprint density at radius 3 is 2.50 bits per heavy atom. The van der Waals surface area contributed by atoms with Crippen molar-refractivity contribution in [3.05, 3.63) is 0 Å². The van der Waals surface area contributed by atoms with Gasteiger partial charge in [-0.2, -0.15) is 0 Å². The summed E-state index contributed by atoms with van der Waals surface area (Å²) in [6, 6.07) is 0. The third-order valence-corrected chi connectivity index (χ3v) is 9.56. The fourth-order valence-corrected chi connectivity index (χ4v) is 9.05. The molecule has 7 atom stereocenters. The first-order valence-electron chi connectivity index (χ1n) is 10.9. The van der Waals surface area contributed by atoms with Crippen molar-refractivity contribution in [2.24, 2.45) is 35.0 Å². The lowest BCUT2D eigenvalue weighted by atomic mass is 9.49. The molecule has 0 heterocycles. The van der Waals surface area contributed by atoms with E-state index in [2.05, 4.69) is 32.5 Å². The van der Waals surface area contributed by atoms with Gasteiger partial charge in [-0.15, -0.1) is 6.42 Å². The molecule has 144 valence electrons. The van der Waals surface area contributed by atoms with Crippen molar-refractivity contribution in [3.63, 3.8) is 0 Å². The van der Waals surface area contributed by atoms with E-state index in [1.807, 2.05) is 0 Å². The SMILES string of the molecule is C#CC1(O[Si](C)(C)C)CCC2C3CCC4CC(=O)CCC4C3CCC21C. The van der Waals surface area contributed by atoms with E-state index in [9.17, 15) is 4.79 Å². The molecule has 2 nitrogen and oxygen atoms in total. The Bertz CT molecular complexity index is 629. The number of terminal acetylenes is 1. The van der Waals surface area contributed by atoms with Crippen LogP contribution in [0.1, 0.15) is 64.7 Å². The van der Waals surface area contributed by atoms with Gasteiger partial charge in [-0.25, -0.2) is 0 Å². The molecule has 3 heteroatoms. The van der Waals surface area contributed by atoms with Gasteiger partial charge >= 0.3 is 0 Å². The zero-order chi connectivity index (χ0) is 18.7. The molecule has 4 fully saturated rings. The first-order valence-corrected chi connectivity index (χ1v) is 14.3. The molecular formula is C23H36O2Si. The van der Waals surface area contributed by atoms with E-state index in [1.54, 1.807) is 0 Å². The molecule has 0 aromatic carbocycles. The molecule has 0 aliphatic heterocycles. The van der Waals surface area contributed by atoms with Crippen LogP contribution in [0.15, 0.2) is 0 Å². The van der Waals surface area contributed by atoms with Crippen LogP contribution in [0.4, 0.5) is 0 Å². The van der Waals surface area contributed by atoms with E-state index in [0.717, 1.165) is 43.4 Å². The Balaban J connectivity index is 1.60. The summed E-state index contributed by atoms with van der Waals surface area (Å²) in [5.41, 5.74) is -0.201. The molecule has 0 N–H and O–H groups in total. The van der Waals surface area contributed by atoms with Crippen LogP contribution < -0.4 is 0 Å². The summed E-state index contributed by atoms with van der Waals surface area (Å²) in [6.45, 7) is 9.29. The van der Waals surface area contributed by atoms with Gasteiger partial charge in [0, 0.05) is 18.3 Å². The summed E-state index contributed by atoms with van der Waals surface area (Å²) < 4.78 is 6.77. The minimum Gasteiger partial charge on any atom is -0.401 e. The van der Waals surface area contributed by atoms with Crippen LogP contribution in [0.5, 0.6) is 0 Å². The number of Topliss-reactive ketones (excluding diaryl/α,β-unsaturated/α-hetero) is 1. The molecule has 4 aliphatic rings. The molecule has 0 bridgehead atoms. The van der Waals surface area contributed by atoms with Gasteiger partial charge in [-0.05, 0) is 94.2 Å². The van der Waals surface area contributed by atoms with Gasteiger partial charge in [-0.3, -0.25) is 4.79 Å². The van der Waals surface area contributed by atoms with Crippen molar-refractivity contribution in [2.45, 2.75) is 90.0 Å². The number of ketones is 1. The number of hydrogen-bond acceptors (Lipinski definition) is 2. The minimum atomic E-state index is -1.70. The zero-order valence-electron chi connectivity index (χ0n) is 17.1. The number of rotatable bonds is 2. The summed E-state index contributed by atoms with van der Waals surface area (Å²) in [7, 11) is -1.70. The number of carbonyl (C=O) groups excluding carboxylic acids is 1. The third kappa shape index (κ3) is 2.75. The van der Waals surface area contributed by atoms with Crippen molar-refractivity contribution in [1.82, 2.24) is 0 Å². The lowest BCUT2D eigenvalue weighted by Gasteiger charge is -2.57. The quantitative estimate of drug-likeness (QED) is 0.477. The highest BCUT2D eigenvalue weighted by Crippen LogP contribution is 2.66. The van der Waals surface area contributed by atoms with Crippen molar-refractivity contribution in [2.75, 3.05) is 0 Å². The molecule has 0 aromatic rings. The minimum absolute atomic E-state index is 0.139. The topological polar surface area (TPSA) is 26.3 Å². The molecule has 7 unspecified atom stereocenters. The summed E-state index contributed by atoms with van der Waals surface area (Å²) in [4.78, 5) is 11.9. The zero-order valence-corrected chi connectivity index (χ0v) is 18.1. The highest BCUT2D eigenvalue weighted by Gasteiger charge is 2.64. The van der Waals surface area contributed by atoms with E-state index < -0.39 is 8.32 Å². The predicted molar refractivity (Wildman–Crippen MR) is 108 cm³/mol. The largest absolute Gasteiger partial charge is 0.401 e. The molecule has 0 amide bonds. The molecule has 26 heavy (non-hydrogen) atoms. The van der Waals surface area contributed by atoms with Gasteiger partial charge < -0.3 is 4.43 Å². The normalized spacial score (nSPS) is 48.3. The third-order valence-electron chi connectivity index (χ3n) is 8.60. The van der Waals surface area contributed by atoms with Crippen LogP contribution in [0, 0.1) is 47.3 Å². The number of hydrogen-bond donors (Lipinski definition) is 0. The lowest BCUT2D eigenvalue weighted by molar-refractivity contribution is -0.129. The maximum Gasteiger partial charge on any atom is 0.185 e. The van der Waals surface area contributed by atoms with Crippen LogP contribution >= 0.6 is 0 Å². The Labute approximate surface area is 161 Å². The molecule has 0 spiro atoms. The van der Waals surface area contributed by atoms with Crippen molar-refractivity contribution < 1.29 is 9.22 Å². The van der Waals surface area contributed by atoms with Crippen LogP contribution in [0.3, 0.4) is 0 Å². The van der Waals surface area contributed by atoms with E-state index >= 15 is 0 Å². The first-order chi connectivity index (χ1) is 12.2. The highest BCUT2D eigenvalue weighted by atomic mass is 28.4. The Kier molecular flexibility index (Phi) is 4.48. The molecular weight excluding hydrogens is 336 g/mol. The van der Waals surface area contributed by atoms with Crippen LogP contribution in [0.2, 0.25) is 19.6 Å². The second kappa shape index (κ2) is 6.21. The molecule has 0 aromatic heterocycles. The van der Waals surface area contributed by atoms with Gasteiger partial charge in [0.15, 0.2) is 8.32 Å². The Hall–Kier alpha value is -0.593. The van der Waals surface area contributed by atoms with Gasteiger partial charge in [0.1, 0.15) is 11.4 Å². The Morgan fingerprint density at radius 2 is 1.81 bits per heavy atom. The van der Waals surface area contributed by atoms with Gasteiger partial charge in [0.2, 0.25) is 0 Å². The fraction of sp³-hybridized carbons (Fsp3) is 0.870. The maximum absolute atomic E-state index is 11.9. The summed E-state index contributed by atoms with van der Waals surface area (Å²) in [6.07, 6.45) is 16.4. The highest BCUT2D eigenvalue weighted by molar-refractivity contribution is 6.69. The summed E-state index contributed by atoms with van der Waals surface area (Å²) in [5.74, 6) is 7.55. The summed E-state index contributed by atoms with van der Waals surface area (Å²) >= 11 is 0. The number of carbonyl (C=O) groups is 1. The van der Waals surface area contributed by atoms with E-state index in [-0.39, 0.29) is 11.0 Å². The van der Waals surface area contributed by atoms with Gasteiger partial charge in [0.25, 0.3) is 0 Å². The van der Waals surface area contributed by atoms with Crippen molar-refractivity contribution in [3.8, 4) is 12.3 Å². The van der Waals surface area contributed by atoms with E-state index in [0.29, 0.717) is 17.6 Å². The average Bonchev–Trinajstić information content (AvgIpc) is 2.86. The number of fused-ring (bicyclic) bond motifs is 5. The van der Waals surface area contributed by atoms with Crippen LogP contribution in [-0.4, -0.2) is 19.7 Å². The summed E-state index contributed by atoms with van der Waals surface area (Å²) in [5, 5.41) is 0. The molecule has 0 saturated heterocycles. The predicted octanol–water partition coefficient (Wildman–Crippen LogP) is 5.43. The average molecular weight is 373 g/mol. The monoisotopic (exact) mass is 372 g/mol. The molecule has 0 radical (unpaired) electrons. The molecule has 4 rings (SSSR count). The maximum atomic E-state index is 11.9. The second-order valence-corrected chi connectivity index (χ2v) is 15.3. The smallest absolute Gasteiger partial charge is 0.185 e. The van der Waals surface area contributed by atoms with Crippen LogP contribution in [0.25, 0.3) is 0 Å². The molecule has 4 aliphatic carbocycles. The molecule has 4 saturated carbocycles. The fourth-order valence-electron chi connectivity index (χ4n) is 7.61. The second-order valence-electron chi connectivity index (χ2n) is 10.9. The lowest BCUT2D eigenvalue weighted by Crippen LogP contribution is -2.56.